The van der Waals surface area contributed by atoms with E-state index in [2.05, 4.69) is 23.7 Å². The minimum atomic E-state index is -4.09. The lowest BCUT2D eigenvalue weighted by Gasteiger charge is -2.30. The van der Waals surface area contributed by atoms with Crippen LogP contribution in [0.1, 0.15) is 47.5 Å². The van der Waals surface area contributed by atoms with Gasteiger partial charge in [-0.3, -0.25) is 0 Å². The standard InChI is InChI=1S/C29H23BF2N2/c1-20-22(3)33-28(26(20)17-15-24-11-7-5-8-12-24)19-29-27(18-16-25-13-9-6-10-14-25)21(2)23(4)34(29)30(33,31)32/h5-14,19H,1-4H3. The van der Waals surface area contributed by atoms with Crippen LogP contribution in [0.5, 0.6) is 0 Å². The molecule has 34 heavy (non-hydrogen) atoms. The van der Waals surface area contributed by atoms with Gasteiger partial charge in [0.05, 0.1) is 5.56 Å². The van der Waals surface area contributed by atoms with E-state index in [1.807, 2.05) is 80.6 Å². The van der Waals surface area contributed by atoms with Crippen LogP contribution < -0.4 is 0 Å². The van der Waals surface area contributed by atoms with Crippen molar-refractivity contribution in [2.75, 3.05) is 0 Å². The van der Waals surface area contributed by atoms with Gasteiger partial charge in [0.1, 0.15) is 11.3 Å². The van der Waals surface area contributed by atoms with Gasteiger partial charge in [0.2, 0.25) is 0 Å². The molecule has 2 aromatic carbocycles. The maximum Gasteiger partial charge on any atom is 0.737 e. The summed E-state index contributed by atoms with van der Waals surface area (Å²) in [6.45, 7) is 3.11. The van der Waals surface area contributed by atoms with Crippen molar-refractivity contribution in [3.8, 4) is 23.7 Å². The fourth-order valence-corrected chi connectivity index (χ4v) is 4.67. The normalized spacial score (nSPS) is 15.6. The number of benzene rings is 2. The maximum absolute atomic E-state index is 16.1. The highest BCUT2D eigenvalue weighted by Crippen LogP contribution is 2.40. The zero-order chi connectivity index (χ0) is 24.0. The molecule has 0 unspecified atom stereocenters. The molecule has 0 aliphatic carbocycles. The molecule has 3 aromatic rings. The first-order chi connectivity index (χ1) is 16.3. The summed E-state index contributed by atoms with van der Waals surface area (Å²) >= 11 is 0. The molecule has 3 heterocycles. The third-order valence-corrected chi connectivity index (χ3v) is 6.70. The van der Waals surface area contributed by atoms with Crippen molar-refractivity contribution in [3.63, 3.8) is 0 Å². The predicted octanol–water partition coefficient (Wildman–Crippen LogP) is 5.94. The molecule has 1 aromatic heterocycles. The largest absolute Gasteiger partial charge is 0.737 e. The Balaban J connectivity index is 1.70. The maximum atomic E-state index is 16.1. The average molecular weight is 448 g/mol. The Morgan fingerprint density at radius 3 is 1.91 bits per heavy atom. The van der Waals surface area contributed by atoms with Crippen molar-refractivity contribution < 1.29 is 13.1 Å². The number of halogens is 2. The van der Waals surface area contributed by atoms with E-state index < -0.39 is 6.97 Å². The second-order valence-electron chi connectivity index (χ2n) is 8.65. The van der Waals surface area contributed by atoms with Gasteiger partial charge in [-0.25, -0.2) is 0 Å². The molecule has 0 atom stereocenters. The highest BCUT2D eigenvalue weighted by Gasteiger charge is 2.54. The van der Waals surface area contributed by atoms with Gasteiger partial charge in [-0.1, -0.05) is 60.1 Å². The summed E-state index contributed by atoms with van der Waals surface area (Å²) in [5.41, 5.74) is 6.44. The quantitative estimate of drug-likeness (QED) is 0.297. The molecule has 2 aliphatic heterocycles. The minimum Gasteiger partial charge on any atom is -0.393 e. The van der Waals surface area contributed by atoms with E-state index in [-0.39, 0.29) is 0 Å². The van der Waals surface area contributed by atoms with Gasteiger partial charge in [-0.05, 0) is 56.3 Å². The zero-order valence-corrected chi connectivity index (χ0v) is 19.6. The van der Waals surface area contributed by atoms with Gasteiger partial charge in [0.25, 0.3) is 0 Å². The lowest BCUT2D eigenvalue weighted by molar-refractivity contribution is -0.362. The van der Waals surface area contributed by atoms with Crippen molar-refractivity contribution >= 4 is 18.8 Å². The number of rotatable bonds is 0. The predicted molar refractivity (Wildman–Crippen MR) is 135 cm³/mol. The Bertz CT molecular complexity index is 1550. The lowest BCUT2D eigenvalue weighted by atomic mass is 9.89. The van der Waals surface area contributed by atoms with Crippen LogP contribution in [0.2, 0.25) is 0 Å². The molecular weight excluding hydrogens is 425 g/mol. The first kappa shape index (κ1) is 21.7. The van der Waals surface area contributed by atoms with Crippen LogP contribution in [0.15, 0.2) is 77.5 Å². The average Bonchev–Trinajstić information content (AvgIpc) is 3.22. The first-order valence-corrected chi connectivity index (χ1v) is 11.2. The third kappa shape index (κ3) is 3.33. The summed E-state index contributed by atoms with van der Waals surface area (Å²) in [5.74, 6) is 12.6. The van der Waals surface area contributed by atoms with E-state index in [0.29, 0.717) is 33.9 Å². The Morgan fingerprint density at radius 1 is 0.765 bits per heavy atom. The summed E-state index contributed by atoms with van der Waals surface area (Å²) in [4.78, 5) is 0. The van der Waals surface area contributed by atoms with Crippen LogP contribution in [0, 0.1) is 37.5 Å². The van der Waals surface area contributed by atoms with E-state index in [1.54, 1.807) is 13.8 Å². The second kappa shape index (κ2) is 8.05. The van der Waals surface area contributed by atoms with Crippen LogP contribution in [0.4, 0.5) is 8.63 Å². The smallest absolute Gasteiger partial charge is 0.393 e. The Labute approximate surface area is 199 Å². The SMILES string of the molecule is CC1=C(C#Cc2ccccc2)C2=Cc3c(C#Cc4ccccc4)c(C)c(C)n3[B-](F)(F)[N+]2=C1C. The Kier molecular flexibility index (Phi) is 5.15. The summed E-state index contributed by atoms with van der Waals surface area (Å²) in [5, 5.41) is 0. The third-order valence-electron chi connectivity index (χ3n) is 6.70. The summed E-state index contributed by atoms with van der Waals surface area (Å²) < 4.78 is 34.5. The van der Waals surface area contributed by atoms with Gasteiger partial charge in [0, 0.05) is 35.4 Å². The number of nitrogens with zero attached hydrogens (tertiary/aromatic N) is 2. The molecule has 0 radical (unpaired) electrons. The summed E-state index contributed by atoms with van der Waals surface area (Å²) in [6.07, 6.45) is 1.82. The molecule has 0 N–H and O–H groups in total. The molecule has 0 spiro atoms. The Hall–Kier alpha value is -4.09. The number of aromatic nitrogens is 1. The van der Waals surface area contributed by atoms with Gasteiger partial charge in [0.15, 0.2) is 5.70 Å². The van der Waals surface area contributed by atoms with Crippen molar-refractivity contribution in [2.45, 2.75) is 27.7 Å². The first-order valence-electron chi connectivity index (χ1n) is 11.2. The molecule has 166 valence electrons. The monoisotopic (exact) mass is 448 g/mol. The van der Waals surface area contributed by atoms with Crippen molar-refractivity contribution in [1.82, 2.24) is 4.48 Å². The van der Waals surface area contributed by atoms with Crippen molar-refractivity contribution in [2.24, 2.45) is 0 Å². The van der Waals surface area contributed by atoms with Crippen molar-refractivity contribution in [3.05, 3.63) is 111 Å². The minimum absolute atomic E-state index is 0.441. The van der Waals surface area contributed by atoms with Gasteiger partial charge in [-0.15, -0.1) is 0 Å². The molecule has 0 saturated carbocycles. The molecule has 5 heteroatoms. The molecule has 2 nitrogen and oxygen atoms in total. The summed E-state index contributed by atoms with van der Waals surface area (Å²) in [6, 6.07) is 19.2. The van der Waals surface area contributed by atoms with Gasteiger partial charge in [-0.2, -0.15) is 0 Å². The second-order valence-corrected chi connectivity index (χ2v) is 8.65. The molecular formula is C29H23BF2N2. The van der Waals surface area contributed by atoms with Gasteiger partial charge < -0.3 is 17.6 Å². The number of hydrogen-bond donors (Lipinski definition) is 0. The highest BCUT2D eigenvalue weighted by atomic mass is 19.2. The molecule has 0 fully saturated rings. The van der Waals surface area contributed by atoms with Crippen LogP contribution in [0.3, 0.4) is 0 Å². The number of fused-ring (bicyclic) bond motifs is 2. The van der Waals surface area contributed by atoms with Crippen LogP contribution in [-0.2, 0) is 0 Å². The number of hydrogen-bond acceptors (Lipinski definition) is 0. The Morgan fingerprint density at radius 2 is 1.32 bits per heavy atom. The lowest BCUT2D eigenvalue weighted by Crippen LogP contribution is -2.50. The summed E-state index contributed by atoms with van der Waals surface area (Å²) in [7, 11) is 0. The highest BCUT2D eigenvalue weighted by molar-refractivity contribution is 6.58. The zero-order valence-electron chi connectivity index (χ0n) is 19.6. The topological polar surface area (TPSA) is 7.94 Å². The van der Waals surface area contributed by atoms with E-state index in [1.165, 1.54) is 0 Å². The van der Waals surface area contributed by atoms with Crippen LogP contribution in [0.25, 0.3) is 6.08 Å². The van der Waals surface area contributed by atoms with Gasteiger partial charge >= 0.3 is 6.97 Å². The van der Waals surface area contributed by atoms with Crippen LogP contribution in [-0.4, -0.2) is 21.6 Å². The van der Waals surface area contributed by atoms with E-state index in [9.17, 15) is 0 Å². The fraction of sp³-hybridized carbons (Fsp3) is 0.138. The molecule has 0 bridgehead atoms. The van der Waals surface area contributed by atoms with E-state index >= 15 is 8.63 Å². The van der Waals surface area contributed by atoms with Crippen LogP contribution >= 0.6 is 0 Å². The van der Waals surface area contributed by atoms with E-state index in [0.717, 1.165) is 31.2 Å². The van der Waals surface area contributed by atoms with Crippen molar-refractivity contribution in [1.29, 1.82) is 0 Å². The molecule has 2 aliphatic rings. The van der Waals surface area contributed by atoms with E-state index in [4.69, 9.17) is 0 Å². The number of allylic oxidation sites excluding steroid dienone is 2. The molecule has 5 rings (SSSR count). The fourth-order valence-electron chi connectivity index (χ4n) is 4.67. The molecule has 0 saturated heterocycles. The molecule has 0 amide bonds.